The Hall–Kier alpha value is 0.730. The van der Waals surface area contributed by atoms with Gasteiger partial charge < -0.3 is 0 Å². The molecule has 0 spiro atoms. The van der Waals surface area contributed by atoms with Crippen LogP contribution in [0.25, 0.3) is 0 Å². The molecular formula is C9H19I. The van der Waals surface area contributed by atoms with Gasteiger partial charge in [-0.15, -0.1) is 0 Å². The number of alkyl halides is 3. The number of halogens is 1. The topological polar surface area (TPSA) is 0 Å². The number of rotatable bonds is 4. The average molecular weight is 254 g/mol. The second-order valence-corrected chi connectivity index (χ2v) is 9.52. The third-order valence-corrected chi connectivity index (χ3v) is 8.92. The van der Waals surface area contributed by atoms with E-state index in [0.717, 1.165) is 0 Å². The molecule has 0 nitrogen and oxygen atoms in total. The summed E-state index contributed by atoms with van der Waals surface area (Å²) in [5.74, 6) is 0. The number of hydrogen-bond donors (Lipinski definition) is 0. The molecule has 10 heavy (non-hydrogen) atoms. The Morgan fingerprint density at radius 1 is 1.10 bits per heavy atom. The summed E-state index contributed by atoms with van der Waals surface area (Å²) in [5.41, 5.74) is 0. The maximum atomic E-state index is 2.30. The van der Waals surface area contributed by atoms with Crippen molar-refractivity contribution in [2.45, 2.75) is 39.0 Å². The molecule has 0 aromatic carbocycles. The molecule has 0 aromatic rings. The van der Waals surface area contributed by atoms with E-state index in [4.69, 9.17) is 0 Å². The van der Waals surface area contributed by atoms with Crippen molar-refractivity contribution in [1.82, 2.24) is 0 Å². The third-order valence-electron chi connectivity index (χ3n) is 2.06. The molecule has 0 amide bonds. The quantitative estimate of drug-likeness (QED) is 0.409. The van der Waals surface area contributed by atoms with Gasteiger partial charge in [-0.25, -0.2) is 0 Å². The van der Waals surface area contributed by atoms with Crippen LogP contribution in [-0.4, -0.2) is 13.3 Å². The van der Waals surface area contributed by atoms with E-state index < -0.39 is 0 Å². The fourth-order valence-electron chi connectivity index (χ4n) is 1.38. The van der Waals surface area contributed by atoms with Crippen molar-refractivity contribution in [1.29, 1.82) is 0 Å². The van der Waals surface area contributed by atoms with Gasteiger partial charge in [-0.1, -0.05) is 0 Å². The Balaban J connectivity index is 1.91. The van der Waals surface area contributed by atoms with Crippen LogP contribution in [0.4, 0.5) is 0 Å². The molecule has 0 saturated carbocycles. The van der Waals surface area contributed by atoms with E-state index in [9.17, 15) is 0 Å². The molecule has 0 radical (unpaired) electrons. The van der Waals surface area contributed by atoms with Gasteiger partial charge in [-0.05, 0) is 0 Å². The molecule has 1 heterocycles. The molecular weight excluding hydrogens is 235 g/mol. The average Bonchev–Trinajstić information content (AvgIpc) is 2.41. The Morgan fingerprint density at radius 2 is 1.80 bits per heavy atom. The minimum atomic E-state index is -0.270. The molecule has 1 aliphatic heterocycles. The van der Waals surface area contributed by atoms with Gasteiger partial charge in [0.15, 0.2) is 0 Å². The van der Waals surface area contributed by atoms with Crippen LogP contribution in [0.3, 0.4) is 0 Å². The first-order valence-corrected chi connectivity index (χ1v) is 9.09. The van der Waals surface area contributed by atoms with E-state index in [1.807, 2.05) is 0 Å². The van der Waals surface area contributed by atoms with Crippen molar-refractivity contribution < 1.29 is 0 Å². The van der Waals surface area contributed by atoms with Gasteiger partial charge in [0.2, 0.25) is 0 Å². The summed E-state index contributed by atoms with van der Waals surface area (Å²) in [5, 5.41) is 0. The molecule has 1 aliphatic rings. The zero-order valence-electron chi connectivity index (χ0n) is 7.03. The van der Waals surface area contributed by atoms with Crippen LogP contribution in [0.2, 0.25) is 0 Å². The predicted octanol–water partition coefficient (Wildman–Crippen LogP) is 3.48. The monoisotopic (exact) mass is 254 g/mol. The molecule has 0 unspecified atom stereocenters. The van der Waals surface area contributed by atoms with E-state index in [0.29, 0.717) is 0 Å². The van der Waals surface area contributed by atoms with Crippen LogP contribution in [0.1, 0.15) is 39.0 Å². The van der Waals surface area contributed by atoms with Gasteiger partial charge >= 0.3 is 72.1 Å². The van der Waals surface area contributed by atoms with Crippen LogP contribution in [0, 0.1) is 0 Å². The summed E-state index contributed by atoms with van der Waals surface area (Å²) < 4.78 is 5.05. The van der Waals surface area contributed by atoms with Crippen LogP contribution >= 0.6 is 19.8 Å². The summed E-state index contributed by atoms with van der Waals surface area (Å²) in [4.78, 5) is 0. The Bertz CT molecular complexity index is 74.8. The van der Waals surface area contributed by atoms with E-state index in [-0.39, 0.29) is 19.8 Å². The first-order chi connectivity index (χ1) is 4.93. The molecule has 0 bridgehead atoms. The van der Waals surface area contributed by atoms with Crippen molar-refractivity contribution in [3.63, 3.8) is 0 Å². The van der Waals surface area contributed by atoms with Gasteiger partial charge in [0.25, 0.3) is 0 Å². The Kier molecular flexibility index (Phi) is 4.76. The summed E-state index contributed by atoms with van der Waals surface area (Å²) >= 11 is -0.270. The van der Waals surface area contributed by atoms with Crippen molar-refractivity contribution in [2.24, 2.45) is 0 Å². The summed E-state index contributed by atoms with van der Waals surface area (Å²) in [6, 6.07) is 0. The normalized spacial score (nSPS) is 21.9. The Morgan fingerprint density at radius 3 is 2.40 bits per heavy atom. The van der Waals surface area contributed by atoms with Crippen molar-refractivity contribution in [3.05, 3.63) is 0 Å². The number of hydrogen-bond acceptors (Lipinski definition) is 0. The second-order valence-electron chi connectivity index (χ2n) is 3.05. The molecule has 1 saturated heterocycles. The zero-order valence-corrected chi connectivity index (χ0v) is 9.19. The maximum absolute atomic E-state index is 2.30. The molecule has 0 N–H and O–H groups in total. The fourth-order valence-corrected chi connectivity index (χ4v) is 7.86. The van der Waals surface area contributed by atoms with E-state index in [1.54, 1.807) is 32.5 Å². The SMILES string of the molecule is CCCCCI1CCCC1. The van der Waals surface area contributed by atoms with Crippen LogP contribution < -0.4 is 0 Å². The van der Waals surface area contributed by atoms with E-state index >= 15 is 0 Å². The zero-order chi connectivity index (χ0) is 7.23. The molecule has 0 aromatic heterocycles. The van der Waals surface area contributed by atoms with Gasteiger partial charge in [0, 0.05) is 0 Å². The van der Waals surface area contributed by atoms with Crippen LogP contribution in [0.15, 0.2) is 0 Å². The molecule has 0 aliphatic carbocycles. The molecule has 62 valence electrons. The van der Waals surface area contributed by atoms with Crippen LogP contribution in [-0.2, 0) is 0 Å². The first-order valence-electron chi connectivity index (χ1n) is 4.51. The molecule has 1 fully saturated rings. The van der Waals surface area contributed by atoms with Crippen LogP contribution in [0.5, 0.6) is 0 Å². The second kappa shape index (κ2) is 5.39. The van der Waals surface area contributed by atoms with Gasteiger partial charge in [0.1, 0.15) is 0 Å². The summed E-state index contributed by atoms with van der Waals surface area (Å²) in [7, 11) is 0. The Labute approximate surface area is 72.2 Å². The predicted molar refractivity (Wildman–Crippen MR) is 57.4 cm³/mol. The summed E-state index contributed by atoms with van der Waals surface area (Å²) in [6.45, 7) is 2.30. The minimum absolute atomic E-state index is 0.270. The third kappa shape index (κ3) is 3.22. The van der Waals surface area contributed by atoms with Crippen molar-refractivity contribution in [2.75, 3.05) is 13.3 Å². The summed E-state index contributed by atoms with van der Waals surface area (Å²) in [6.07, 6.45) is 7.62. The molecule has 1 rings (SSSR count). The van der Waals surface area contributed by atoms with Gasteiger partial charge in [0.05, 0.1) is 0 Å². The van der Waals surface area contributed by atoms with Gasteiger partial charge in [-0.2, -0.15) is 0 Å². The van der Waals surface area contributed by atoms with Gasteiger partial charge in [-0.3, -0.25) is 0 Å². The molecule has 1 heteroatoms. The molecule has 0 atom stereocenters. The number of unbranched alkanes of at least 4 members (excludes halogenated alkanes) is 2. The standard InChI is InChI=1S/C9H19I/c1-2-3-4-7-10-8-5-6-9-10/h2-9H2,1H3. The van der Waals surface area contributed by atoms with Crippen molar-refractivity contribution >= 4 is 19.8 Å². The fraction of sp³-hybridized carbons (Fsp3) is 1.00. The van der Waals surface area contributed by atoms with E-state index in [1.165, 1.54) is 12.8 Å². The first kappa shape index (κ1) is 8.82. The van der Waals surface area contributed by atoms with E-state index in [2.05, 4.69) is 6.92 Å². The van der Waals surface area contributed by atoms with Crippen molar-refractivity contribution in [3.8, 4) is 0 Å².